The van der Waals surface area contributed by atoms with Gasteiger partial charge in [0.15, 0.2) is 0 Å². The number of likely N-dealkylation sites (tertiary alicyclic amines) is 1. The third-order valence-electron chi connectivity index (χ3n) is 4.92. The fourth-order valence-electron chi connectivity index (χ4n) is 3.38. The van der Waals surface area contributed by atoms with Crippen molar-refractivity contribution in [2.24, 2.45) is 11.3 Å². The van der Waals surface area contributed by atoms with Crippen LogP contribution in [0.3, 0.4) is 0 Å². The second-order valence-corrected chi connectivity index (χ2v) is 7.00. The summed E-state index contributed by atoms with van der Waals surface area (Å²) in [5.74, 6) is 0.852. The predicted octanol–water partition coefficient (Wildman–Crippen LogP) is 1.70. The van der Waals surface area contributed by atoms with E-state index in [2.05, 4.69) is 36.4 Å². The zero-order valence-corrected chi connectivity index (χ0v) is 12.5. The zero-order chi connectivity index (χ0) is 13.0. The molecular formula is C15H31N3. The molecule has 2 heterocycles. The smallest absolute Gasteiger partial charge is 0.00914 e. The Morgan fingerprint density at radius 1 is 1.22 bits per heavy atom. The molecule has 18 heavy (non-hydrogen) atoms. The van der Waals surface area contributed by atoms with Crippen molar-refractivity contribution in [1.29, 1.82) is 0 Å². The van der Waals surface area contributed by atoms with Gasteiger partial charge in [0.25, 0.3) is 0 Å². The van der Waals surface area contributed by atoms with Crippen molar-refractivity contribution in [3.05, 3.63) is 0 Å². The summed E-state index contributed by atoms with van der Waals surface area (Å²) < 4.78 is 0. The van der Waals surface area contributed by atoms with Gasteiger partial charge in [-0.05, 0) is 63.7 Å². The van der Waals surface area contributed by atoms with Crippen molar-refractivity contribution in [1.82, 2.24) is 15.5 Å². The molecule has 2 aliphatic rings. The van der Waals surface area contributed by atoms with Gasteiger partial charge >= 0.3 is 0 Å². The van der Waals surface area contributed by atoms with Gasteiger partial charge in [-0.25, -0.2) is 0 Å². The van der Waals surface area contributed by atoms with Gasteiger partial charge in [-0.3, -0.25) is 0 Å². The van der Waals surface area contributed by atoms with Crippen LogP contribution in [-0.2, 0) is 0 Å². The largest absolute Gasteiger partial charge is 0.317 e. The van der Waals surface area contributed by atoms with Crippen LogP contribution in [-0.4, -0.2) is 50.7 Å². The Kier molecular flexibility index (Phi) is 5.05. The predicted molar refractivity (Wildman–Crippen MR) is 77.9 cm³/mol. The molecule has 0 aromatic rings. The van der Waals surface area contributed by atoms with E-state index in [1.165, 1.54) is 58.4 Å². The molecule has 2 rings (SSSR count). The van der Waals surface area contributed by atoms with Crippen molar-refractivity contribution in [3.63, 3.8) is 0 Å². The van der Waals surface area contributed by atoms with Crippen LogP contribution in [0, 0.1) is 11.3 Å². The fraction of sp³-hybridized carbons (Fsp3) is 1.00. The molecule has 0 aromatic carbocycles. The van der Waals surface area contributed by atoms with Gasteiger partial charge in [0, 0.05) is 19.1 Å². The first-order chi connectivity index (χ1) is 8.58. The van der Waals surface area contributed by atoms with Gasteiger partial charge in [-0.15, -0.1) is 0 Å². The first-order valence-corrected chi connectivity index (χ1v) is 7.70. The fourth-order valence-corrected chi connectivity index (χ4v) is 3.38. The summed E-state index contributed by atoms with van der Waals surface area (Å²) in [6.07, 6.45) is 5.37. The minimum Gasteiger partial charge on any atom is -0.317 e. The van der Waals surface area contributed by atoms with E-state index >= 15 is 0 Å². The Morgan fingerprint density at radius 3 is 2.61 bits per heavy atom. The molecule has 3 heteroatoms. The average Bonchev–Trinajstić information content (AvgIpc) is 2.38. The number of hydrogen-bond acceptors (Lipinski definition) is 3. The monoisotopic (exact) mass is 253 g/mol. The number of nitrogens with one attached hydrogen (secondary N) is 2. The van der Waals surface area contributed by atoms with E-state index in [9.17, 15) is 0 Å². The normalized spacial score (nSPS) is 28.5. The van der Waals surface area contributed by atoms with Crippen LogP contribution in [0.5, 0.6) is 0 Å². The van der Waals surface area contributed by atoms with E-state index in [0.29, 0.717) is 5.41 Å². The Labute approximate surface area is 113 Å². The van der Waals surface area contributed by atoms with Crippen molar-refractivity contribution in [2.75, 3.05) is 39.8 Å². The summed E-state index contributed by atoms with van der Waals surface area (Å²) in [6, 6.07) is 0.742. The van der Waals surface area contributed by atoms with Crippen LogP contribution in [0.15, 0.2) is 0 Å². The third-order valence-corrected chi connectivity index (χ3v) is 4.92. The molecule has 3 nitrogen and oxygen atoms in total. The number of rotatable bonds is 4. The van der Waals surface area contributed by atoms with Gasteiger partial charge in [0.2, 0.25) is 0 Å². The van der Waals surface area contributed by atoms with E-state index in [1.54, 1.807) is 0 Å². The van der Waals surface area contributed by atoms with Crippen molar-refractivity contribution >= 4 is 0 Å². The van der Waals surface area contributed by atoms with Crippen molar-refractivity contribution in [3.8, 4) is 0 Å². The molecule has 0 saturated carbocycles. The molecule has 0 radical (unpaired) electrons. The summed E-state index contributed by atoms with van der Waals surface area (Å²) in [7, 11) is 2.27. The van der Waals surface area contributed by atoms with Gasteiger partial charge in [-0.1, -0.05) is 13.8 Å². The molecule has 1 atom stereocenters. The lowest BCUT2D eigenvalue weighted by molar-refractivity contribution is 0.0988. The molecule has 0 amide bonds. The molecule has 0 aromatic heterocycles. The van der Waals surface area contributed by atoms with Gasteiger partial charge in [0.05, 0.1) is 0 Å². The Morgan fingerprint density at radius 2 is 1.94 bits per heavy atom. The highest BCUT2D eigenvalue weighted by Crippen LogP contribution is 2.33. The van der Waals surface area contributed by atoms with Crippen LogP contribution >= 0.6 is 0 Å². The van der Waals surface area contributed by atoms with Gasteiger partial charge < -0.3 is 15.5 Å². The van der Waals surface area contributed by atoms with E-state index in [4.69, 9.17) is 0 Å². The van der Waals surface area contributed by atoms with Crippen LogP contribution < -0.4 is 10.6 Å². The van der Waals surface area contributed by atoms with Gasteiger partial charge in [-0.2, -0.15) is 0 Å². The SMILES string of the molecule is CN1CCCC(C(C)(C)CNC2CCNCC2)C1. The lowest BCUT2D eigenvalue weighted by Gasteiger charge is -2.41. The molecule has 2 saturated heterocycles. The molecular weight excluding hydrogens is 222 g/mol. The highest BCUT2D eigenvalue weighted by atomic mass is 15.1. The Bertz CT molecular complexity index is 246. The number of piperidine rings is 2. The maximum atomic E-state index is 3.82. The van der Waals surface area contributed by atoms with Crippen LogP contribution in [0.2, 0.25) is 0 Å². The summed E-state index contributed by atoms with van der Waals surface area (Å²) >= 11 is 0. The first-order valence-electron chi connectivity index (χ1n) is 7.70. The van der Waals surface area contributed by atoms with E-state index in [0.717, 1.165) is 12.0 Å². The molecule has 2 N–H and O–H groups in total. The van der Waals surface area contributed by atoms with E-state index in [-0.39, 0.29) is 0 Å². The molecule has 106 valence electrons. The second kappa shape index (κ2) is 6.36. The summed E-state index contributed by atoms with van der Waals surface area (Å²) in [5, 5.41) is 7.25. The molecule has 2 aliphatic heterocycles. The summed E-state index contributed by atoms with van der Waals surface area (Å²) in [5.41, 5.74) is 0.430. The standard InChI is InChI=1S/C15H31N3/c1-15(2,13-5-4-10-18(3)11-13)12-17-14-6-8-16-9-7-14/h13-14,16-17H,4-12H2,1-3H3. The van der Waals surface area contributed by atoms with Gasteiger partial charge in [0.1, 0.15) is 0 Å². The zero-order valence-electron chi connectivity index (χ0n) is 12.5. The second-order valence-electron chi connectivity index (χ2n) is 7.00. The lowest BCUT2D eigenvalue weighted by atomic mass is 9.74. The summed E-state index contributed by atoms with van der Waals surface area (Å²) in [6.45, 7) is 11.0. The maximum absolute atomic E-state index is 3.82. The lowest BCUT2D eigenvalue weighted by Crippen LogP contribution is -2.48. The third kappa shape index (κ3) is 3.94. The number of nitrogens with zero attached hydrogens (tertiary/aromatic N) is 1. The minimum absolute atomic E-state index is 0.430. The Balaban J connectivity index is 1.78. The van der Waals surface area contributed by atoms with Crippen LogP contribution in [0.25, 0.3) is 0 Å². The number of hydrogen-bond donors (Lipinski definition) is 2. The van der Waals surface area contributed by atoms with Crippen LogP contribution in [0.1, 0.15) is 39.5 Å². The highest BCUT2D eigenvalue weighted by molar-refractivity contribution is 4.87. The Hall–Kier alpha value is -0.120. The molecule has 0 aliphatic carbocycles. The minimum atomic E-state index is 0.430. The maximum Gasteiger partial charge on any atom is 0.00914 e. The summed E-state index contributed by atoms with van der Waals surface area (Å²) in [4.78, 5) is 2.50. The molecule has 0 bridgehead atoms. The van der Waals surface area contributed by atoms with Crippen molar-refractivity contribution in [2.45, 2.75) is 45.6 Å². The molecule has 2 fully saturated rings. The van der Waals surface area contributed by atoms with E-state index < -0.39 is 0 Å². The average molecular weight is 253 g/mol. The molecule has 0 spiro atoms. The van der Waals surface area contributed by atoms with E-state index in [1.807, 2.05) is 0 Å². The van der Waals surface area contributed by atoms with Crippen LogP contribution in [0.4, 0.5) is 0 Å². The molecule has 1 unspecified atom stereocenters. The quantitative estimate of drug-likeness (QED) is 0.798. The highest BCUT2D eigenvalue weighted by Gasteiger charge is 2.32. The van der Waals surface area contributed by atoms with Crippen molar-refractivity contribution < 1.29 is 0 Å². The topological polar surface area (TPSA) is 27.3 Å². The first kappa shape index (κ1) is 14.3.